The Morgan fingerprint density at radius 1 is 1.33 bits per heavy atom. The van der Waals surface area contributed by atoms with E-state index in [1.165, 1.54) is 31.3 Å². The van der Waals surface area contributed by atoms with Crippen LogP contribution in [0.3, 0.4) is 0 Å². The van der Waals surface area contributed by atoms with E-state index in [2.05, 4.69) is 4.99 Å². The van der Waals surface area contributed by atoms with Crippen LogP contribution in [0.4, 0.5) is 0 Å². The van der Waals surface area contributed by atoms with Gasteiger partial charge in [-0.05, 0) is 26.0 Å². The standard InChI is InChI=1S/C13H11Cl2NO4S/c1-3-16-11-7(2)20-21(18,19)13(12(11)17)9-5-4-8(14)6-10(9)15/h3-6,17H,1-2H3. The average molecular weight is 348 g/mol. The third-order valence-electron chi connectivity index (χ3n) is 2.69. The Hall–Kier alpha value is -1.50. The van der Waals surface area contributed by atoms with E-state index in [1.54, 1.807) is 6.92 Å². The molecule has 0 amide bonds. The lowest BCUT2D eigenvalue weighted by molar-refractivity contribution is 0.377. The lowest BCUT2D eigenvalue weighted by atomic mass is 10.1. The fraction of sp³-hybridized carbons (Fsp3) is 0.154. The smallest absolute Gasteiger partial charge is 0.343 e. The van der Waals surface area contributed by atoms with Crippen LogP contribution in [0.1, 0.15) is 19.4 Å². The highest BCUT2D eigenvalue weighted by Gasteiger charge is 2.35. The molecule has 0 fully saturated rings. The van der Waals surface area contributed by atoms with E-state index in [-0.39, 0.29) is 22.0 Å². The third-order valence-corrected chi connectivity index (χ3v) is 4.62. The zero-order chi connectivity index (χ0) is 15.8. The molecule has 0 saturated carbocycles. The lowest BCUT2D eigenvalue weighted by Gasteiger charge is -2.20. The summed E-state index contributed by atoms with van der Waals surface area (Å²) in [6.45, 7) is 3.03. The third kappa shape index (κ3) is 2.92. The van der Waals surface area contributed by atoms with E-state index in [0.717, 1.165) is 0 Å². The largest absolute Gasteiger partial charge is 0.504 e. The maximum Gasteiger partial charge on any atom is 0.343 e. The second-order valence-corrected chi connectivity index (χ2v) is 6.46. The number of aliphatic hydroxyl groups is 1. The van der Waals surface area contributed by atoms with Crippen LogP contribution in [0.2, 0.25) is 10.0 Å². The highest BCUT2D eigenvalue weighted by atomic mass is 35.5. The second-order valence-electron chi connectivity index (χ2n) is 4.13. The van der Waals surface area contributed by atoms with Crippen LogP contribution in [0.25, 0.3) is 4.91 Å². The summed E-state index contributed by atoms with van der Waals surface area (Å²) in [7, 11) is -4.19. The Balaban J connectivity index is 2.79. The van der Waals surface area contributed by atoms with Crippen molar-refractivity contribution in [3.8, 4) is 0 Å². The van der Waals surface area contributed by atoms with Gasteiger partial charge in [-0.15, -0.1) is 0 Å². The number of hydrogen-bond acceptors (Lipinski definition) is 5. The van der Waals surface area contributed by atoms with Crippen LogP contribution in [0.5, 0.6) is 0 Å². The van der Waals surface area contributed by atoms with Gasteiger partial charge in [0.1, 0.15) is 11.5 Å². The Morgan fingerprint density at radius 3 is 2.57 bits per heavy atom. The van der Waals surface area contributed by atoms with Crippen LogP contribution in [-0.2, 0) is 14.3 Å². The monoisotopic (exact) mass is 347 g/mol. The molecule has 1 aliphatic rings. The number of hydrogen-bond donors (Lipinski definition) is 1. The van der Waals surface area contributed by atoms with Gasteiger partial charge >= 0.3 is 10.1 Å². The average Bonchev–Trinajstić information content (AvgIpc) is 2.36. The van der Waals surface area contributed by atoms with Crippen molar-refractivity contribution in [1.29, 1.82) is 0 Å². The van der Waals surface area contributed by atoms with E-state index >= 15 is 0 Å². The summed E-state index contributed by atoms with van der Waals surface area (Å²) < 4.78 is 29.2. The number of nitrogens with zero attached hydrogens (tertiary/aromatic N) is 1. The molecule has 0 atom stereocenters. The van der Waals surface area contributed by atoms with Crippen molar-refractivity contribution in [2.45, 2.75) is 13.8 Å². The van der Waals surface area contributed by atoms with Crippen LogP contribution in [-0.4, -0.2) is 19.7 Å². The number of benzene rings is 1. The molecule has 0 aromatic heterocycles. The predicted octanol–water partition coefficient (Wildman–Crippen LogP) is 3.90. The van der Waals surface area contributed by atoms with Gasteiger partial charge in [-0.3, -0.25) is 4.99 Å². The number of aliphatic imine (C=N–C) groups is 1. The summed E-state index contributed by atoms with van der Waals surface area (Å²) in [6.07, 6.45) is 1.41. The highest BCUT2D eigenvalue weighted by Crippen LogP contribution is 2.39. The molecule has 1 aromatic carbocycles. The zero-order valence-corrected chi connectivity index (χ0v) is 13.4. The first kappa shape index (κ1) is 15.9. The predicted molar refractivity (Wildman–Crippen MR) is 82.9 cm³/mol. The number of halogens is 2. The molecule has 0 radical (unpaired) electrons. The van der Waals surface area contributed by atoms with Crippen molar-refractivity contribution in [3.63, 3.8) is 0 Å². The maximum absolute atomic E-state index is 12.2. The van der Waals surface area contributed by atoms with Gasteiger partial charge in [-0.1, -0.05) is 29.3 Å². The van der Waals surface area contributed by atoms with Crippen molar-refractivity contribution < 1.29 is 17.7 Å². The van der Waals surface area contributed by atoms with Gasteiger partial charge in [0, 0.05) is 16.8 Å². The number of allylic oxidation sites excluding steroid dienone is 1. The first-order valence-electron chi connectivity index (χ1n) is 5.81. The topological polar surface area (TPSA) is 76.0 Å². The minimum atomic E-state index is -4.19. The summed E-state index contributed by atoms with van der Waals surface area (Å²) in [5, 5.41) is 10.7. The summed E-state index contributed by atoms with van der Waals surface area (Å²) in [5.41, 5.74) is 0.128. The van der Waals surface area contributed by atoms with Gasteiger partial charge in [0.25, 0.3) is 0 Å². The van der Waals surface area contributed by atoms with Crippen LogP contribution in [0.15, 0.2) is 40.4 Å². The van der Waals surface area contributed by atoms with Crippen molar-refractivity contribution in [3.05, 3.63) is 51.0 Å². The molecule has 112 valence electrons. The molecule has 1 N–H and O–H groups in total. The van der Waals surface area contributed by atoms with Crippen molar-refractivity contribution in [2.24, 2.45) is 4.99 Å². The van der Waals surface area contributed by atoms with Crippen LogP contribution >= 0.6 is 23.2 Å². The number of aliphatic hydroxyl groups excluding tert-OH is 1. The lowest BCUT2D eigenvalue weighted by Crippen LogP contribution is -2.16. The maximum atomic E-state index is 12.2. The molecule has 2 rings (SSSR count). The van der Waals surface area contributed by atoms with Gasteiger partial charge in [-0.25, -0.2) is 0 Å². The molecule has 0 saturated heterocycles. The van der Waals surface area contributed by atoms with Gasteiger partial charge in [-0.2, -0.15) is 8.42 Å². The molecular formula is C13H11Cl2NO4S. The van der Waals surface area contributed by atoms with Crippen LogP contribution in [0, 0.1) is 0 Å². The fourth-order valence-electron chi connectivity index (χ4n) is 1.86. The molecule has 5 nitrogen and oxygen atoms in total. The quantitative estimate of drug-likeness (QED) is 0.650. The van der Waals surface area contributed by atoms with Crippen LogP contribution < -0.4 is 0 Å². The Bertz CT molecular complexity index is 794. The van der Waals surface area contributed by atoms with Gasteiger partial charge in [0.2, 0.25) is 0 Å². The minimum absolute atomic E-state index is 0.0144. The van der Waals surface area contributed by atoms with Gasteiger partial charge < -0.3 is 9.29 Å². The molecule has 1 heterocycles. The highest BCUT2D eigenvalue weighted by molar-refractivity contribution is 7.96. The number of rotatable bonds is 2. The SMILES string of the molecule is CC=NC1=C(C)OS(=O)(=O)C(c2ccc(Cl)cc2Cl)=C1O. The molecule has 0 aliphatic carbocycles. The second kappa shape index (κ2) is 5.71. The summed E-state index contributed by atoms with van der Waals surface area (Å²) in [5.74, 6) is -0.527. The van der Waals surface area contributed by atoms with Crippen molar-refractivity contribution >= 4 is 44.4 Å². The molecule has 8 heteroatoms. The van der Waals surface area contributed by atoms with Crippen molar-refractivity contribution in [1.82, 2.24) is 0 Å². The Kier molecular flexibility index (Phi) is 4.32. The van der Waals surface area contributed by atoms with E-state index in [9.17, 15) is 13.5 Å². The molecule has 0 spiro atoms. The minimum Gasteiger partial charge on any atom is -0.504 e. The molecule has 0 bridgehead atoms. The first-order valence-corrected chi connectivity index (χ1v) is 7.97. The van der Waals surface area contributed by atoms with Gasteiger partial charge in [0.05, 0.1) is 5.02 Å². The molecule has 21 heavy (non-hydrogen) atoms. The molecular weight excluding hydrogens is 337 g/mol. The van der Waals surface area contributed by atoms with Gasteiger partial charge in [0.15, 0.2) is 10.7 Å². The van der Waals surface area contributed by atoms with Crippen molar-refractivity contribution in [2.75, 3.05) is 0 Å². The first-order chi connectivity index (χ1) is 9.77. The molecule has 1 aliphatic heterocycles. The summed E-state index contributed by atoms with van der Waals surface area (Å²) >= 11 is 11.8. The molecule has 0 unspecified atom stereocenters. The normalized spacial score (nSPS) is 18.3. The zero-order valence-electron chi connectivity index (χ0n) is 11.1. The van der Waals surface area contributed by atoms with E-state index < -0.39 is 20.8 Å². The summed E-state index contributed by atoms with van der Waals surface area (Å²) in [4.78, 5) is 3.49. The van der Waals surface area contributed by atoms with E-state index in [1.807, 2.05) is 0 Å². The Labute approximate surface area is 132 Å². The summed E-state index contributed by atoms with van der Waals surface area (Å²) in [6, 6.07) is 4.24. The fourth-order valence-corrected chi connectivity index (χ4v) is 3.69. The van der Waals surface area contributed by atoms with E-state index in [4.69, 9.17) is 27.4 Å². The van der Waals surface area contributed by atoms with E-state index in [0.29, 0.717) is 5.02 Å². The Morgan fingerprint density at radius 2 is 2.00 bits per heavy atom. The molecule has 1 aromatic rings.